The minimum atomic E-state index is -0.555. The van der Waals surface area contributed by atoms with Gasteiger partial charge in [0.2, 0.25) is 5.75 Å². The van der Waals surface area contributed by atoms with Crippen LogP contribution < -0.4 is 30.2 Å². The number of hydrogen-bond donors (Lipinski definition) is 3. The molecule has 0 radical (unpaired) electrons. The smallest absolute Gasteiger partial charge is 0.408 e. The number of amides is 1. The molecular weight excluding hydrogens is 388 g/mol. The summed E-state index contributed by atoms with van der Waals surface area (Å²) < 4.78 is 21.6. The number of hydrogen-bond acceptors (Lipinski definition) is 6. The molecule has 0 heterocycles. The average Bonchev–Trinajstić information content (AvgIpc) is 2.65. The van der Waals surface area contributed by atoms with Gasteiger partial charge in [-0.3, -0.25) is 4.99 Å². The first kappa shape index (κ1) is 25.2. The molecule has 0 aromatic heterocycles. The minimum Gasteiger partial charge on any atom is -0.493 e. The summed E-state index contributed by atoms with van der Waals surface area (Å²) in [6, 6.07) is 3.72. The van der Waals surface area contributed by atoms with Crippen LogP contribution in [-0.4, -0.2) is 58.1 Å². The molecular formula is C21H36N4O5. The quantitative estimate of drug-likeness (QED) is 0.435. The van der Waals surface area contributed by atoms with Gasteiger partial charge in [-0.2, -0.15) is 0 Å². The lowest BCUT2D eigenvalue weighted by Gasteiger charge is -2.29. The van der Waals surface area contributed by atoms with Gasteiger partial charge in [0.15, 0.2) is 17.5 Å². The van der Waals surface area contributed by atoms with Gasteiger partial charge in [0.1, 0.15) is 5.60 Å². The van der Waals surface area contributed by atoms with Gasteiger partial charge in [0.05, 0.1) is 26.9 Å². The molecule has 9 nitrogen and oxygen atoms in total. The molecule has 1 rings (SSSR count). The van der Waals surface area contributed by atoms with Crippen LogP contribution in [0.3, 0.4) is 0 Å². The number of methoxy groups -OCH3 is 3. The zero-order valence-electron chi connectivity index (χ0n) is 19.6. The van der Waals surface area contributed by atoms with Gasteiger partial charge < -0.3 is 34.9 Å². The highest BCUT2D eigenvalue weighted by molar-refractivity contribution is 5.80. The highest BCUT2D eigenvalue weighted by atomic mass is 16.6. The second kappa shape index (κ2) is 10.8. The van der Waals surface area contributed by atoms with Gasteiger partial charge in [-0.25, -0.2) is 4.79 Å². The van der Waals surface area contributed by atoms with E-state index in [0.717, 1.165) is 5.56 Å². The van der Waals surface area contributed by atoms with Gasteiger partial charge in [0.25, 0.3) is 0 Å². The largest absolute Gasteiger partial charge is 0.493 e. The maximum Gasteiger partial charge on any atom is 0.408 e. The van der Waals surface area contributed by atoms with Crippen molar-refractivity contribution in [1.82, 2.24) is 16.0 Å². The molecule has 1 aromatic carbocycles. The Morgan fingerprint density at radius 2 is 1.60 bits per heavy atom. The normalized spacial score (nSPS) is 12.1. The van der Waals surface area contributed by atoms with Crippen LogP contribution in [0.4, 0.5) is 4.79 Å². The van der Waals surface area contributed by atoms with Crippen LogP contribution in [0.1, 0.15) is 40.2 Å². The Kier molecular flexibility index (Phi) is 9.07. The fourth-order valence-corrected chi connectivity index (χ4v) is 2.63. The summed E-state index contributed by atoms with van der Waals surface area (Å²) in [4.78, 5) is 16.3. The summed E-state index contributed by atoms with van der Waals surface area (Å²) in [6.45, 7) is 10.2. The zero-order chi connectivity index (χ0) is 22.9. The standard InChI is InChI=1S/C21H36N4O5/c1-20(2,3)30-19(26)25-21(4,5)13-24-18(22-6)23-12-14-10-11-15(27-7)17(29-9)16(14)28-8/h10-11H,12-13H2,1-9H3,(H,25,26)(H2,22,23,24). The van der Waals surface area contributed by atoms with E-state index >= 15 is 0 Å². The van der Waals surface area contributed by atoms with Crippen molar-refractivity contribution in [2.45, 2.75) is 52.3 Å². The van der Waals surface area contributed by atoms with E-state index in [4.69, 9.17) is 18.9 Å². The van der Waals surface area contributed by atoms with Crippen molar-refractivity contribution in [3.05, 3.63) is 17.7 Å². The van der Waals surface area contributed by atoms with E-state index in [1.54, 1.807) is 28.4 Å². The number of carbonyl (C=O) groups is 1. The van der Waals surface area contributed by atoms with E-state index < -0.39 is 17.2 Å². The number of rotatable bonds is 8. The molecule has 0 fully saturated rings. The van der Waals surface area contributed by atoms with Crippen molar-refractivity contribution in [2.24, 2.45) is 4.99 Å². The summed E-state index contributed by atoms with van der Waals surface area (Å²) in [5, 5.41) is 9.30. The van der Waals surface area contributed by atoms with Crippen LogP contribution in [-0.2, 0) is 11.3 Å². The highest BCUT2D eigenvalue weighted by Crippen LogP contribution is 2.39. The van der Waals surface area contributed by atoms with Gasteiger partial charge in [-0.05, 0) is 46.8 Å². The van der Waals surface area contributed by atoms with Crippen molar-refractivity contribution in [3.8, 4) is 17.2 Å². The summed E-state index contributed by atoms with van der Waals surface area (Å²) >= 11 is 0. The highest BCUT2D eigenvalue weighted by Gasteiger charge is 2.25. The lowest BCUT2D eigenvalue weighted by atomic mass is 10.1. The maximum absolute atomic E-state index is 12.0. The number of ether oxygens (including phenoxy) is 4. The Morgan fingerprint density at radius 3 is 2.10 bits per heavy atom. The van der Waals surface area contributed by atoms with Crippen molar-refractivity contribution in [2.75, 3.05) is 34.9 Å². The summed E-state index contributed by atoms with van der Waals surface area (Å²) in [6.07, 6.45) is -0.465. The molecule has 9 heteroatoms. The Morgan fingerprint density at radius 1 is 0.967 bits per heavy atom. The minimum absolute atomic E-state index is 0.439. The fourth-order valence-electron chi connectivity index (χ4n) is 2.63. The second-order valence-electron chi connectivity index (χ2n) is 8.28. The molecule has 0 bridgehead atoms. The molecule has 1 aromatic rings. The van der Waals surface area contributed by atoms with E-state index in [2.05, 4.69) is 20.9 Å². The zero-order valence-corrected chi connectivity index (χ0v) is 19.6. The summed E-state index contributed by atoms with van der Waals surface area (Å²) in [5.74, 6) is 2.29. The summed E-state index contributed by atoms with van der Waals surface area (Å²) in [5.41, 5.74) is -0.228. The Labute approximate surface area is 179 Å². The van der Waals surface area contributed by atoms with Crippen molar-refractivity contribution >= 4 is 12.1 Å². The first-order valence-electron chi connectivity index (χ1n) is 9.70. The third-order valence-electron chi connectivity index (χ3n) is 3.99. The van der Waals surface area contributed by atoms with Crippen LogP contribution in [0, 0.1) is 0 Å². The lowest BCUT2D eigenvalue weighted by Crippen LogP contribution is -2.54. The van der Waals surface area contributed by atoms with Gasteiger partial charge in [0, 0.05) is 25.7 Å². The molecule has 0 unspecified atom stereocenters. The number of aliphatic imine (C=N–C) groups is 1. The number of nitrogens with zero attached hydrogens (tertiary/aromatic N) is 1. The second-order valence-corrected chi connectivity index (χ2v) is 8.28. The lowest BCUT2D eigenvalue weighted by molar-refractivity contribution is 0.0474. The SMILES string of the molecule is CN=C(NCc1ccc(OC)c(OC)c1OC)NCC(C)(C)NC(=O)OC(C)(C)C. The predicted octanol–water partition coefficient (Wildman–Crippen LogP) is 2.68. The molecule has 170 valence electrons. The number of benzene rings is 1. The van der Waals surface area contributed by atoms with Crippen LogP contribution in [0.15, 0.2) is 17.1 Å². The van der Waals surface area contributed by atoms with E-state index in [0.29, 0.717) is 36.3 Å². The van der Waals surface area contributed by atoms with E-state index in [9.17, 15) is 4.79 Å². The van der Waals surface area contributed by atoms with Crippen LogP contribution in [0.5, 0.6) is 17.2 Å². The van der Waals surface area contributed by atoms with Gasteiger partial charge in [-0.15, -0.1) is 0 Å². The van der Waals surface area contributed by atoms with E-state index in [-0.39, 0.29) is 0 Å². The Balaban J connectivity index is 2.73. The van der Waals surface area contributed by atoms with Crippen molar-refractivity contribution in [3.63, 3.8) is 0 Å². The fraction of sp³-hybridized carbons (Fsp3) is 0.619. The summed E-state index contributed by atoms with van der Waals surface area (Å²) in [7, 11) is 6.40. The number of guanidine groups is 1. The average molecular weight is 425 g/mol. The molecule has 3 N–H and O–H groups in total. The number of nitrogens with one attached hydrogen (secondary N) is 3. The maximum atomic E-state index is 12.0. The first-order chi connectivity index (χ1) is 14.0. The van der Waals surface area contributed by atoms with E-state index in [1.807, 2.05) is 46.8 Å². The molecule has 0 saturated carbocycles. The van der Waals surface area contributed by atoms with Gasteiger partial charge >= 0.3 is 6.09 Å². The molecule has 0 spiro atoms. The van der Waals surface area contributed by atoms with Gasteiger partial charge in [-0.1, -0.05) is 0 Å². The van der Waals surface area contributed by atoms with Crippen LogP contribution in [0.2, 0.25) is 0 Å². The molecule has 0 aliphatic carbocycles. The third kappa shape index (κ3) is 7.88. The monoisotopic (exact) mass is 424 g/mol. The third-order valence-corrected chi connectivity index (χ3v) is 3.99. The topological polar surface area (TPSA) is 102 Å². The molecule has 0 aliphatic rings. The molecule has 1 amide bonds. The molecule has 0 aliphatic heterocycles. The Bertz CT molecular complexity index is 742. The molecule has 30 heavy (non-hydrogen) atoms. The Hall–Kier alpha value is -2.84. The first-order valence-corrected chi connectivity index (χ1v) is 9.70. The predicted molar refractivity (Wildman–Crippen MR) is 118 cm³/mol. The molecule has 0 saturated heterocycles. The van der Waals surface area contributed by atoms with Crippen molar-refractivity contribution in [1.29, 1.82) is 0 Å². The number of alkyl carbamates (subject to hydrolysis) is 1. The van der Waals surface area contributed by atoms with Crippen molar-refractivity contribution < 1.29 is 23.7 Å². The molecule has 0 atom stereocenters. The number of carbonyl (C=O) groups excluding carboxylic acids is 1. The van der Waals surface area contributed by atoms with Crippen LogP contribution >= 0.6 is 0 Å². The van der Waals surface area contributed by atoms with Crippen LogP contribution in [0.25, 0.3) is 0 Å². The van der Waals surface area contributed by atoms with E-state index in [1.165, 1.54) is 0 Å².